The van der Waals surface area contributed by atoms with Gasteiger partial charge in [0.1, 0.15) is 0 Å². The number of hydrogen-bond acceptors (Lipinski definition) is 3. The molecule has 2 aliphatic heterocycles. The molecule has 2 heterocycles. The van der Waals surface area contributed by atoms with Crippen LogP contribution in [0.4, 0.5) is 0 Å². The van der Waals surface area contributed by atoms with E-state index in [-0.39, 0.29) is 23.7 Å². The standard InChI is InChI=1S/C14H17NO2S/c16-9-10-5-6-15(8-10)14(17)13-7-11-3-1-2-4-12(11)18-13/h1-4,10,13,16H,5-9H2. The summed E-state index contributed by atoms with van der Waals surface area (Å²) in [6.07, 6.45) is 1.78. The third-order valence-electron chi connectivity index (χ3n) is 3.78. The molecule has 1 N–H and O–H groups in total. The number of carbonyl (C=O) groups excluding carboxylic acids is 1. The molecule has 2 unspecified atom stereocenters. The Morgan fingerprint density at radius 1 is 1.44 bits per heavy atom. The number of aliphatic hydroxyl groups is 1. The summed E-state index contributed by atoms with van der Waals surface area (Å²) in [5, 5.41) is 9.17. The molecular formula is C14H17NO2S. The Morgan fingerprint density at radius 3 is 3.00 bits per heavy atom. The Bertz CT molecular complexity index is 438. The molecule has 1 saturated heterocycles. The highest BCUT2D eigenvalue weighted by atomic mass is 32.2. The van der Waals surface area contributed by atoms with Gasteiger partial charge in [0.05, 0.1) is 5.25 Å². The maximum absolute atomic E-state index is 12.4. The summed E-state index contributed by atoms with van der Waals surface area (Å²) in [5.41, 5.74) is 1.29. The monoisotopic (exact) mass is 263 g/mol. The average Bonchev–Trinajstić information content (AvgIpc) is 3.04. The molecule has 0 radical (unpaired) electrons. The van der Waals surface area contributed by atoms with Crippen LogP contribution in [0.3, 0.4) is 0 Å². The molecule has 3 rings (SSSR count). The van der Waals surface area contributed by atoms with E-state index in [2.05, 4.69) is 12.1 Å². The van der Waals surface area contributed by atoms with Crippen molar-refractivity contribution in [3.8, 4) is 0 Å². The van der Waals surface area contributed by atoms with Crippen molar-refractivity contribution in [2.75, 3.05) is 19.7 Å². The molecule has 1 aromatic rings. The summed E-state index contributed by atoms with van der Waals surface area (Å²) in [6, 6.07) is 8.25. The van der Waals surface area contributed by atoms with E-state index in [1.54, 1.807) is 11.8 Å². The van der Waals surface area contributed by atoms with Crippen molar-refractivity contribution in [1.29, 1.82) is 0 Å². The van der Waals surface area contributed by atoms with E-state index < -0.39 is 0 Å². The van der Waals surface area contributed by atoms with Crippen molar-refractivity contribution < 1.29 is 9.90 Å². The molecule has 1 aromatic carbocycles. The molecule has 0 aromatic heterocycles. The first-order valence-corrected chi connectivity index (χ1v) is 7.30. The van der Waals surface area contributed by atoms with Gasteiger partial charge < -0.3 is 10.0 Å². The molecule has 18 heavy (non-hydrogen) atoms. The molecular weight excluding hydrogens is 246 g/mol. The van der Waals surface area contributed by atoms with E-state index in [0.717, 1.165) is 25.9 Å². The Hall–Kier alpha value is -1.00. The van der Waals surface area contributed by atoms with E-state index in [4.69, 9.17) is 5.11 Å². The predicted octanol–water partition coefficient (Wildman–Crippen LogP) is 1.54. The van der Waals surface area contributed by atoms with Crippen LogP contribution in [0.2, 0.25) is 0 Å². The summed E-state index contributed by atoms with van der Waals surface area (Å²) in [5.74, 6) is 0.523. The molecule has 2 aliphatic rings. The number of fused-ring (bicyclic) bond motifs is 1. The number of nitrogens with zero attached hydrogens (tertiary/aromatic N) is 1. The SMILES string of the molecule is O=C(C1Cc2ccccc2S1)N1CCC(CO)C1. The lowest BCUT2D eigenvalue weighted by Gasteiger charge is -2.19. The van der Waals surface area contributed by atoms with Crippen LogP contribution in [-0.2, 0) is 11.2 Å². The number of hydrogen-bond donors (Lipinski definition) is 1. The number of aliphatic hydroxyl groups excluding tert-OH is 1. The molecule has 3 nitrogen and oxygen atoms in total. The predicted molar refractivity (Wildman–Crippen MR) is 71.6 cm³/mol. The van der Waals surface area contributed by atoms with E-state index in [1.807, 2.05) is 17.0 Å². The third-order valence-corrected chi connectivity index (χ3v) is 5.08. The topological polar surface area (TPSA) is 40.5 Å². The number of amides is 1. The van der Waals surface area contributed by atoms with Gasteiger partial charge in [0, 0.05) is 30.5 Å². The van der Waals surface area contributed by atoms with Crippen LogP contribution in [0, 0.1) is 5.92 Å². The Balaban J connectivity index is 1.66. The maximum Gasteiger partial charge on any atom is 0.236 e. The number of likely N-dealkylation sites (tertiary alicyclic amines) is 1. The normalized spacial score (nSPS) is 26.4. The van der Waals surface area contributed by atoms with Crippen LogP contribution in [0.25, 0.3) is 0 Å². The first-order valence-electron chi connectivity index (χ1n) is 6.42. The lowest BCUT2D eigenvalue weighted by molar-refractivity contribution is -0.129. The Morgan fingerprint density at radius 2 is 2.28 bits per heavy atom. The summed E-state index contributed by atoms with van der Waals surface area (Å²) < 4.78 is 0. The van der Waals surface area contributed by atoms with Crippen LogP contribution in [0.15, 0.2) is 29.2 Å². The zero-order valence-electron chi connectivity index (χ0n) is 10.2. The number of rotatable bonds is 2. The molecule has 0 bridgehead atoms. The van der Waals surface area contributed by atoms with Gasteiger partial charge in [-0.1, -0.05) is 18.2 Å². The van der Waals surface area contributed by atoms with Crippen molar-refractivity contribution in [3.63, 3.8) is 0 Å². The zero-order chi connectivity index (χ0) is 12.5. The molecule has 96 valence electrons. The van der Waals surface area contributed by atoms with Gasteiger partial charge in [0.15, 0.2) is 0 Å². The van der Waals surface area contributed by atoms with E-state index in [9.17, 15) is 4.79 Å². The second-order valence-electron chi connectivity index (χ2n) is 5.04. The van der Waals surface area contributed by atoms with Gasteiger partial charge in [0.2, 0.25) is 5.91 Å². The van der Waals surface area contributed by atoms with Gasteiger partial charge in [-0.3, -0.25) is 4.79 Å². The average molecular weight is 263 g/mol. The van der Waals surface area contributed by atoms with Crippen LogP contribution in [0.1, 0.15) is 12.0 Å². The molecule has 4 heteroatoms. The van der Waals surface area contributed by atoms with Crippen molar-refractivity contribution in [1.82, 2.24) is 4.90 Å². The highest BCUT2D eigenvalue weighted by Crippen LogP contribution is 2.38. The number of carbonyl (C=O) groups is 1. The molecule has 0 spiro atoms. The van der Waals surface area contributed by atoms with E-state index in [0.29, 0.717) is 0 Å². The van der Waals surface area contributed by atoms with Gasteiger partial charge in [-0.15, -0.1) is 11.8 Å². The fourth-order valence-corrected chi connectivity index (χ4v) is 3.98. The minimum absolute atomic E-state index is 0.0415. The minimum Gasteiger partial charge on any atom is -0.396 e. The lowest BCUT2D eigenvalue weighted by atomic mass is 10.1. The first-order chi connectivity index (χ1) is 8.78. The highest BCUT2D eigenvalue weighted by Gasteiger charge is 2.34. The Labute approximate surface area is 111 Å². The van der Waals surface area contributed by atoms with Crippen molar-refractivity contribution in [2.24, 2.45) is 5.92 Å². The van der Waals surface area contributed by atoms with Crippen LogP contribution in [0.5, 0.6) is 0 Å². The zero-order valence-corrected chi connectivity index (χ0v) is 11.0. The molecule has 0 aliphatic carbocycles. The summed E-state index contributed by atoms with van der Waals surface area (Å²) in [6.45, 7) is 1.72. The largest absolute Gasteiger partial charge is 0.396 e. The maximum atomic E-state index is 12.4. The smallest absolute Gasteiger partial charge is 0.236 e. The fraction of sp³-hybridized carbons (Fsp3) is 0.500. The molecule has 2 atom stereocenters. The second-order valence-corrected chi connectivity index (χ2v) is 6.28. The third kappa shape index (κ3) is 2.15. The van der Waals surface area contributed by atoms with Gasteiger partial charge in [0.25, 0.3) is 0 Å². The van der Waals surface area contributed by atoms with Gasteiger partial charge >= 0.3 is 0 Å². The van der Waals surface area contributed by atoms with Gasteiger partial charge in [-0.05, 0) is 24.5 Å². The van der Waals surface area contributed by atoms with E-state index >= 15 is 0 Å². The number of thioether (sulfide) groups is 1. The summed E-state index contributed by atoms with van der Waals surface area (Å²) in [7, 11) is 0. The van der Waals surface area contributed by atoms with E-state index in [1.165, 1.54) is 10.5 Å². The molecule has 1 amide bonds. The van der Waals surface area contributed by atoms with Crippen LogP contribution < -0.4 is 0 Å². The lowest BCUT2D eigenvalue weighted by Crippen LogP contribution is -2.36. The molecule has 0 saturated carbocycles. The van der Waals surface area contributed by atoms with Crippen molar-refractivity contribution >= 4 is 17.7 Å². The van der Waals surface area contributed by atoms with Crippen LogP contribution >= 0.6 is 11.8 Å². The molecule has 1 fully saturated rings. The second kappa shape index (κ2) is 4.94. The van der Waals surface area contributed by atoms with Crippen molar-refractivity contribution in [2.45, 2.75) is 23.0 Å². The summed E-state index contributed by atoms with van der Waals surface area (Å²) >= 11 is 1.69. The highest BCUT2D eigenvalue weighted by molar-refractivity contribution is 8.01. The Kier molecular flexibility index (Phi) is 3.31. The van der Waals surface area contributed by atoms with Crippen molar-refractivity contribution in [3.05, 3.63) is 29.8 Å². The summed E-state index contributed by atoms with van der Waals surface area (Å²) in [4.78, 5) is 15.6. The van der Waals surface area contributed by atoms with Gasteiger partial charge in [-0.25, -0.2) is 0 Å². The number of benzene rings is 1. The fourth-order valence-electron chi connectivity index (χ4n) is 2.71. The van der Waals surface area contributed by atoms with Gasteiger partial charge in [-0.2, -0.15) is 0 Å². The minimum atomic E-state index is 0.0415. The quantitative estimate of drug-likeness (QED) is 0.880. The van der Waals surface area contributed by atoms with Crippen LogP contribution in [-0.4, -0.2) is 40.9 Å². The first kappa shape index (κ1) is 12.1.